The number of carbonyl (C=O) groups excluding carboxylic acids is 2. The van der Waals surface area contributed by atoms with Gasteiger partial charge in [0, 0.05) is 76.5 Å². The molecule has 0 fully saturated rings. The van der Waals surface area contributed by atoms with Crippen molar-refractivity contribution in [2.45, 2.75) is 80.6 Å². The number of carbonyl (C=O) groups is 2. The molecule has 0 N–H and O–H groups in total. The lowest BCUT2D eigenvalue weighted by Crippen LogP contribution is -2.31. The largest absolute Gasteiger partial charge is 0.494 e. The number of hydrogen-bond acceptors (Lipinski definition) is 8. The summed E-state index contributed by atoms with van der Waals surface area (Å²) in [6.07, 6.45) is 2.90. The number of amides is 2. The summed E-state index contributed by atoms with van der Waals surface area (Å²) in [4.78, 5) is 39.8. The van der Waals surface area contributed by atoms with Crippen LogP contribution >= 0.6 is 15.9 Å². The maximum absolute atomic E-state index is 13.3. The lowest BCUT2D eigenvalue weighted by molar-refractivity contribution is -0.130. The minimum atomic E-state index is 0.0627. The lowest BCUT2D eigenvalue weighted by atomic mass is 10.0. The molecule has 13 heteroatoms. The summed E-state index contributed by atoms with van der Waals surface area (Å²) in [7, 11) is 0. The van der Waals surface area contributed by atoms with Gasteiger partial charge in [-0.1, -0.05) is 15.9 Å². The minimum absolute atomic E-state index is 0.0627. The van der Waals surface area contributed by atoms with Crippen molar-refractivity contribution in [1.29, 1.82) is 0 Å². The molecule has 0 saturated heterocycles. The Hall–Kier alpha value is -5.30. The summed E-state index contributed by atoms with van der Waals surface area (Å²) in [5, 5.41) is 10.7. The van der Waals surface area contributed by atoms with Crippen molar-refractivity contribution in [3.63, 3.8) is 0 Å². The maximum Gasteiger partial charge on any atom is 0.227 e. The topological polar surface area (TPSA) is 119 Å². The molecular weight excluding hydrogens is 796 g/mol. The fourth-order valence-corrected chi connectivity index (χ4v) is 7.77. The first-order valence-electron chi connectivity index (χ1n) is 20.4. The van der Waals surface area contributed by atoms with E-state index in [0.717, 1.165) is 104 Å². The fourth-order valence-electron chi connectivity index (χ4n) is 7.37. The first-order valence-corrected chi connectivity index (χ1v) is 21.5. The molecule has 2 aromatic carbocycles. The van der Waals surface area contributed by atoms with Crippen LogP contribution in [-0.2, 0) is 28.9 Å². The molecule has 4 aromatic heterocycles. The first-order chi connectivity index (χ1) is 28.1. The van der Waals surface area contributed by atoms with Gasteiger partial charge in [0.2, 0.25) is 11.8 Å². The smallest absolute Gasteiger partial charge is 0.227 e. The molecular formula is C45H55BrN8O4. The number of fused-ring (bicyclic) bond motifs is 2. The fraction of sp³-hybridized carbons (Fsp3) is 0.422. The standard InChI is InChI=1S/C45H55BrN8O4/c1-8-51(9-2)40(55)28-38-42(49-53-32(7)26-30(5)47-44(38)53)33-14-18-36(19-15-33)57-24-12-13-25-58-37-20-16-34(17-21-37)43-39(29-41(56)52(10-3)11-4)45-48-31(6)27-35(22-23-46)54(45)50-43/h14-21,26-27H,8-13,22-25,28-29H2,1-7H3. The number of aromatic nitrogens is 6. The van der Waals surface area contributed by atoms with E-state index in [9.17, 15) is 9.59 Å². The number of halogens is 1. The van der Waals surface area contributed by atoms with Gasteiger partial charge < -0.3 is 19.3 Å². The van der Waals surface area contributed by atoms with E-state index in [1.165, 1.54) is 0 Å². The second kappa shape index (κ2) is 19.4. The van der Waals surface area contributed by atoms with Crippen molar-refractivity contribution in [1.82, 2.24) is 39.0 Å². The minimum Gasteiger partial charge on any atom is -0.494 e. The van der Waals surface area contributed by atoms with Crippen molar-refractivity contribution < 1.29 is 19.1 Å². The zero-order chi connectivity index (χ0) is 41.3. The quantitative estimate of drug-likeness (QED) is 0.0594. The molecule has 0 aliphatic carbocycles. The van der Waals surface area contributed by atoms with Crippen molar-refractivity contribution in [3.05, 3.63) is 94.6 Å². The van der Waals surface area contributed by atoms with Crippen LogP contribution in [0.3, 0.4) is 0 Å². The highest BCUT2D eigenvalue weighted by molar-refractivity contribution is 9.09. The predicted octanol–water partition coefficient (Wildman–Crippen LogP) is 8.03. The van der Waals surface area contributed by atoms with Gasteiger partial charge in [0.1, 0.15) is 11.5 Å². The van der Waals surface area contributed by atoms with Crippen molar-refractivity contribution in [3.8, 4) is 34.0 Å². The molecule has 12 nitrogen and oxygen atoms in total. The van der Waals surface area contributed by atoms with Crippen LogP contribution in [0, 0.1) is 20.8 Å². The molecule has 0 radical (unpaired) electrons. The highest BCUT2D eigenvalue weighted by atomic mass is 79.9. The molecule has 0 aliphatic heterocycles. The number of ether oxygens (including phenoxy) is 2. The van der Waals surface area contributed by atoms with E-state index in [1.54, 1.807) is 0 Å². The number of likely N-dealkylation sites (N-methyl/N-ethyl adjacent to an activating group) is 2. The van der Waals surface area contributed by atoms with Crippen molar-refractivity contribution in [2.75, 3.05) is 44.7 Å². The summed E-state index contributed by atoms with van der Waals surface area (Å²) in [5.41, 5.74) is 10.3. The first kappa shape index (κ1) is 42.3. The van der Waals surface area contributed by atoms with Gasteiger partial charge in [0.15, 0.2) is 11.3 Å². The van der Waals surface area contributed by atoms with E-state index in [2.05, 4.69) is 22.0 Å². The second-order valence-corrected chi connectivity index (χ2v) is 15.2. The Balaban J connectivity index is 1.06. The normalized spacial score (nSPS) is 11.4. The summed E-state index contributed by atoms with van der Waals surface area (Å²) < 4.78 is 15.9. The Morgan fingerprint density at radius 2 is 1.07 bits per heavy atom. The molecule has 6 rings (SSSR count). The van der Waals surface area contributed by atoms with E-state index >= 15 is 0 Å². The van der Waals surface area contributed by atoms with Crippen molar-refractivity contribution >= 4 is 39.0 Å². The second-order valence-electron chi connectivity index (χ2n) is 14.4. The van der Waals surface area contributed by atoms with Crippen LogP contribution < -0.4 is 9.47 Å². The molecule has 0 unspecified atom stereocenters. The molecule has 0 atom stereocenters. The van der Waals surface area contributed by atoms with Crippen LogP contribution in [0.25, 0.3) is 33.8 Å². The molecule has 6 aromatic rings. The van der Waals surface area contributed by atoms with Crippen molar-refractivity contribution in [2.24, 2.45) is 0 Å². The molecule has 0 saturated carbocycles. The number of aryl methyl sites for hydroxylation is 4. The number of rotatable bonds is 19. The van der Waals surface area contributed by atoms with Crippen LogP contribution in [0.4, 0.5) is 0 Å². The van der Waals surface area contributed by atoms with Gasteiger partial charge in [-0.05, 0) is 128 Å². The summed E-state index contributed by atoms with van der Waals surface area (Å²) >= 11 is 3.57. The van der Waals surface area contributed by atoms with Crippen LogP contribution in [0.2, 0.25) is 0 Å². The Morgan fingerprint density at radius 1 is 0.638 bits per heavy atom. The molecule has 0 aliphatic rings. The van der Waals surface area contributed by atoms with E-state index in [-0.39, 0.29) is 24.7 Å². The third-order valence-electron chi connectivity index (χ3n) is 10.4. The summed E-state index contributed by atoms with van der Waals surface area (Å²) in [5.74, 6) is 1.66. The van der Waals surface area contributed by atoms with Gasteiger partial charge >= 0.3 is 0 Å². The van der Waals surface area contributed by atoms with E-state index in [0.29, 0.717) is 39.4 Å². The highest BCUT2D eigenvalue weighted by Gasteiger charge is 2.24. The molecule has 4 heterocycles. The molecule has 0 bridgehead atoms. The maximum atomic E-state index is 13.3. The van der Waals surface area contributed by atoms with E-state index in [4.69, 9.17) is 29.6 Å². The SMILES string of the molecule is CCN(CC)C(=O)Cc1c(-c2ccc(OCCCCOc3ccc(-c4nn5c(CCBr)cc(C)nc5c4CC(=O)N(CC)CC)cc3)cc2)nn2c(C)cc(C)nc12. The number of nitrogens with zero attached hydrogens (tertiary/aromatic N) is 8. The number of alkyl halides is 1. The van der Waals surface area contributed by atoms with Gasteiger partial charge in [-0.3, -0.25) is 9.59 Å². The van der Waals surface area contributed by atoms with Gasteiger partial charge in [-0.15, -0.1) is 0 Å². The summed E-state index contributed by atoms with van der Waals surface area (Å²) in [6, 6.07) is 19.9. The van der Waals surface area contributed by atoms with Crippen LogP contribution in [-0.4, -0.2) is 95.5 Å². The zero-order valence-electron chi connectivity index (χ0n) is 34.8. The van der Waals surface area contributed by atoms with E-state index in [1.807, 2.05) is 122 Å². The average molecular weight is 852 g/mol. The average Bonchev–Trinajstić information content (AvgIpc) is 3.76. The predicted molar refractivity (Wildman–Crippen MR) is 232 cm³/mol. The molecule has 58 heavy (non-hydrogen) atoms. The van der Waals surface area contributed by atoms with Crippen LogP contribution in [0.15, 0.2) is 60.7 Å². The zero-order valence-corrected chi connectivity index (χ0v) is 36.4. The van der Waals surface area contributed by atoms with Gasteiger partial charge in [-0.25, -0.2) is 19.0 Å². The van der Waals surface area contributed by atoms with Crippen LogP contribution in [0.1, 0.15) is 74.4 Å². The Labute approximate surface area is 349 Å². The van der Waals surface area contributed by atoms with E-state index < -0.39 is 0 Å². The molecule has 306 valence electrons. The Bertz CT molecular complexity index is 2350. The van der Waals surface area contributed by atoms with Gasteiger partial charge in [0.05, 0.1) is 37.4 Å². The summed E-state index contributed by atoms with van der Waals surface area (Å²) in [6.45, 7) is 17.7. The number of hydrogen-bond donors (Lipinski definition) is 0. The Kier molecular flexibility index (Phi) is 14.2. The third kappa shape index (κ3) is 9.52. The molecule has 2 amide bonds. The lowest BCUT2D eigenvalue weighted by Gasteiger charge is -2.18. The Morgan fingerprint density at radius 3 is 1.52 bits per heavy atom. The third-order valence-corrected chi connectivity index (χ3v) is 10.8. The highest BCUT2D eigenvalue weighted by Crippen LogP contribution is 2.31. The molecule has 0 spiro atoms. The monoisotopic (exact) mass is 850 g/mol. The number of benzene rings is 2. The van der Waals surface area contributed by atoms with Gasteiger partial charge in [-0.2, -0.15) is 10.2 Å². The van der Waals surface area contributed by atoms with Crippen LogP contribution in [0.5, 0.6) is 11.5 Å². The van der Waals surface area contributed by atoms with Gasteiger partial charge in [0.25, 0.3) is 0 Å². The number of unbranched alkanes of at least 4 members (excludes halogenated alkanes) is 1.